The Hall–Kier alpha value is -0.670. The highest BCUT2D eigenvalue weighted by Gasteiger charge is 2.16. The Morgan fingerprint density at radius 3 is 2.18 bits per heavy atom. The number of methoxy groups -OCH3 is 1. The van der Waals surface area contributed by atoms with Crippen LogP contribution in [0.15, 0.2) is 12.1 Å². The second-order valence-corrected chi connectivity index (χ2v) is 5.43. The highest BCUT2D eigenvalue weighted by molar-refractivity contribution is 7.80. The van der Waals surface area contributed by atoms with E-state index in [1.54, 1.807) is 7.11 Å². The van der Waals surface area contributed by atoms with E-state index >= 15 is 0 Å². The third-order valence-electron chi connectivity index (χ3n) is 3.01. The molecule has 0 heterocycles. The number of benzene rings is 1. The fourth-order valence-corrected chi connectivity index (χ4v) is 2.18. The summed E-state index contributed by atoms with van der Waals surface area (Å²) in [6.07, 6.45) is 0. The Morgan fingerprint density at radius 2 is 1.76 bits per heavy atom. The van der Waals surface area contributed by atoms with E-state index in [1.165, 1.54) is 16.7 Å². The van der Waals surface area contributed by atoms with Crippen molar-refractivity contribution in [3.05, 3.63) is 28.8 Å². The minimum absolute atomic E-state index is 0.124. The number of ether oxygens (including phenoxy) is 1. The quantitative estimate of drug-likeness (QED) is 0.650. The van der Waals surface area contributed by atoms with Gasteiger partial charge in [0.2, 0.25) is 0 Å². The fraction of sp³-hybridized carbons (Fsp3) is 0.571. The summed E-state index contributed by atoms with van der Waals surface area (Å²) in [5, 5.41) is 0.124. The first kappa shape index (κ1) is 14.4. The summed E-state index contributed by atoms with van der Waals surface area (Å²) in [5.41, 5.74) is 3.72. The average molecular weight is 253 g/mol. The number of hydrogen-bond acceptors (Lipinski definition) is 3. The molecule has 0 saturated carbocycles. The normalized spacial score (nSPS) is 13.2. The first-order valence-corrected chi connectivity index (χ1v) is 6.43. The van der Waals surface area contributed by atoms with Crippen LogP contribution in [0, 0.1) is 6.92 Å². The summed E-state index contributed by atoms with van der Waals surface area (Å²) in [6, 6.07) is 4.33. The van der Waals surface area contributed by atoms with E-state index < -0.39 is 0 Å². The highest BCUT2D eigenvalue weighted by atomic mass is 32.1. The Bertz CT molecular complexity index is 388. The summed E-state index contributed by atoms with van der Waals surface area (Å²) in [5.74, 6) is 1.42. The maximum absolute atomic E-state index is 5.44. The van der Waals surface area contributed by atoms with Gasteiger partial charge in [-0.05, 0) is 55.8 Å². The molecule has 3 heteroatoms. The first-order chi connectivity index (χ1) is 7.88. The largest absolute Gasteiger partial charge is 0.496 e. The van der Waals surface area contributed by atoms with Gasteiger partial charge in [-0.25, -0.2) is 0 Å². The lowest BCUT2D eigenvalue weighted by molar-refractivity contribution is 0.388. The van der Waals surface area contributed by atoms with Crippen LogP contribution in [0.3, 0.4) is 0 Å². The highest BCUT2D eigenvalue weighted by Crippen LogP contribution is 2.34. The number of nitrogens with zero attached hydrogens (tertiary/aromatic N) is 1. The second-order valence-electron chi connectivity index (χ2n) is 4.94. The monoisotopic (exact) mass is 253 g/mol. The van der Waals surface area contributed by atoms with Crippen LogP contribution < -0.4 is 4.74 Å². The third kappa shape index (κ3) is 3.17. The molecule has 0 N–H and O–H groups in total. The zero-order valence-electron chi connectivity index (χ0n) is 11.6. The van der Waals surface area contributed by atoms with Gasteiger partial charge in [0, 0.05) is 0 Å². The molecule has 1 rings (SSSR count). The molecule has 0 spiro atoms. The molecule has 0 aliphatic rings. The summed E-state index contributed by atoms with van der Waals surface area (Å²) in [6.45, 7) is 6.47. The number of aryl methyl sites for hydroxylation is 1. The standard InChI is InChI=1S/C14H23NOS/c1-9(2)11-8-12(14(17)15(4)5)10(3)7-13(11)16-6/h7-9,14,17H,1-6H3. The van der Waals surface area contributed by atoms with E-state index in [4.69, 9.17) is 4.74 Å². The molecule has 0 aliphatic carbocycles. The molecule has 0 aliphatic heterocycles. The summed E-state index contributed by atoms with van der Waals surface area (Å²) < 4.78 is 5.44. The van der Waals surface area contributed by atoms with E-state index in [-0.39, 0.29) is 5.37 Å². The smallest absolute Gasteiger partial charge is 0.122 e. The maximum atomic E-state index is 5.44. The van der Waals surface area contributed by atoms with Crippen LogP contribution in [-0.2, 0) is 0 Å². The molecular formula is C14H23NOS. The maximum Gasteiger partial charge on any atom is 0.122 e. The lowest BCUT2D eigenvalue weighted by atomic mass is 9.96. The average Bonchev–Trinajstić information content (AvgIpc) is 2.27. The Labute approximate surface area is 110 Å². The molecule has 17 heavy (non-hydrogen) atoms. The van der Waals surface area contributed by atoms with E-state index in [9.17, 15) is 0 Å². The molecule has 0 fully saturated rings. The van der Waals surface area contributed by atoms with Crippen molar-refractivity contribution in [1.29, 1.82) is 0 Å². The first-order valence-electron chi connectivity index (χ1n) is 5.91. The molecule has 2 nitrogen and oxygen atoms in total. The molecule has 1 atom stereocenters. The molecular weight excluding hydrogens is 230 g/mol. The minimum atomic E-state index is 0.124. The van der Waals surface area contributed by atoms with Gasteiger partial charge in [-0.3, -0.25) is 4.90 Å². The van der Waals surface area contributed by atoms with Gasteiger partial charge in [-0.15, -0.1) is 0 Å². The summed E-state index contributed by atoms with van der Waals surface area (Å²) in [7, 11) is 5.80. The number of rotatable bonds is 4. The van der Waals surface area contributed by atoms with E-state index in [0.717, 1.165) is 5.75 Å². The number of thiol groups is 1. The zero-order chi connectivity index (χ0) is 13.2. The molecule has 1 aromatic rings. The lowest BCUT2D eigenvalue weighted by Gasteiger charge is -2.23. The van der Waals surface area contributed by atoms with Crippen molar-refractivity contribution in [2.75, 3.05) is 21.2 Å². The van der Waals surface area contributed by atoms with E-state index in [0.29, 0.717) is 5.92 Å². The minimum Gasteiger partial charge on any atom is -0.496 e. The van der Waals surface area contributed by atoms with Crippen LogP contribution in [0.2, 0.25) is 0 Å². The van der Waals surface area contributed by atoms with Gasteiger partial charge in [0.25, 0.3) is 0 Å². The predicted molar refractivity (Wildman–Crippen MR) is 77.2 cm³/mol. The van der Waals surface area contributed by atoms with Crippen molar-refractivity contribution in [1.82, 2.24) is 4.90 Å². The van der Waals surface area contributed by atoms with Crippen molar-refractivity contribution < 1.29 is 4.74 Å². The van der Waals surface area contributed by atoms with Crippen molar-refractivity contribution in [3.8, 4) is 5.75 Å². The van der Waals surface area contributed by atoms with Crippen LogP contribution in [0.25, 0.3) is 0 Å². The zero-order valence-corrected chi connectivity index (χ0v) is 12.5. The summed E-state index contributed by atoms with van der Waals surface area (Å²) in [4.78, 5) is 2.10. The molecule has 0 amide bonds. The Morgan fingerprint density at radius 1 is 1.18 bits per heavy atom. The van der Waals surface area contributed by atoms with Crippen LogP contribution in [0.4, 0.5) is 0 Å². The molecule has 1 unspecified atom stereocenters. The van der Waals surface area contributed by atoms with E-state index in [1.807, 2.05) is 14.1 Å². The Balaban J connectivity index is 3.29. The van der Waals surface area contributed by atoms with Crippen molar-refractivity contribution in [2.24, 2.45) is 0 Å². The second kappa shape index (κ2) is 5.78. The molecule has 0 radical (unpaired) electrons. The van der Waals surface area contributed by atoms with Crippen molar-refractivity contribution in [2.45, 2.75) is 32.1 Å². The topological polar surface area (TPSA) is 12.5 Å². The van der Waals surface area contributed by atoms with Crippen LogP contribution >= 0.6 is 12.6 Å². The molecule has 96 valence electrons. The van der Waals surface area contributed by atoms with Gasteiger partial charge in [-0.1, -0.05) is 13.8 Å². The fourth-order valence-electron chi connectivity index (χ4n) is 1.90. The van der Waals surface area contributed by atoms with Crippen LogP contribution in [0.5, 0.6) is 5.75 Å². The molecule has 1 aromatic carbocycles. The lowest BCUT2D eigenvalue weighted by Crippen LogP contribution is -2.16. The predicted octanol–water partition coefficient (Wildman–Crippen LogP) is 3.62. The van der Waals surface area contributed by atoms with Gasteiger partial charge in [0.1, 0.15) is 5.75 Å². The van der Waals surface area contributed by atoms with Crippen molar-refractivity contribution in [3.63, 3.8) is 0 Å². The Kier molecular flexibility index (Phi) is 4.90. The van der Waals surface area contributed by atoms with Crippen molar-refractivity contribution >= 4 is 12.6 Å². The van der Waals surface area contributed by atoms with Gasteiger partial charge in [0.05, 0.1) is 12.5 Å². The van der Waals surface area contributed by atoms with Crippen LogP contribution in [-0.4, -0.2) is 26.1 Å². The molecule has 0 saturated heterocycles. The molecule has 0 bridgehead atoms. The number of hydrogen-bond donors (Lipinski definition) is 1. The third-order valence-corrected chi connectivity index (χ3v) is 3.75. The molecule has 0 aromatic heterocycles. The van der Waals surface area contributed by atoms with Gasteiger partial charge in [0.15, 0.2) is 0 Å². The SMILES string of the molecule is COc1cc(C)c(C(S)N(C)C)cc1C(C)C. The van der Waals surface area contributed by atoms with Gasteiger partial charge < -0.3 is 4.74 Å². The van der Waals surface area contributed by atoms with Crippen LogP contribution in [0.1, 0.15) is 41.8 Å². The van der Waals surface area contributed by atoms with Gasteiger partial charge in [-0.2, -0.15) is 12.6 Å². The summed E-state index contributed by atoms with van der Waals surface area (Å²) >= 11 is 4.65. The van der Waals surface area contributed by atoms with Gasteiger partial charge >= 0.3 is 0 Å². The van der Waals surface area contributed by atoms with E-state index in [2.05, 4.69) is 50.4 Å².